The summed E-state index contributed by atoms with van der Waals surface area (Å²) >= 11 is 1.82. The third-order valence-corrected chi connectivity index (χ3v) is 4.62. The van der Waals surface area contributed by atoms with Crippen LogP contribution >= 0.6 is 11.3 Å². The molecule has 0 aromatic carbocycles. The number of hydrogen-bond acceptors (Lipinski definition) is 4. The van der Waals surface area contributed by atoms with Gasteiger partial charge in [0, 0.05) is 18.9 Å². The van der Waals surface area contributed by atoms with Crippen molar-refractivity contribution in [3.63, 3.8) is 0 Å². The molecule has 1 fully saturated rings. The minimum absolute atomic E-state index is 0.827. The molecule has 1 aliphatic rings. The fourth-order valence-corrected chi connectivity index (χ4v) is 3.13. The smallest absolute Gasteiger partial charge is 0.117 e. The van der Waals surface area contributed by atoms with Gasteiger partial charge in [-0.3, -0.25) is 0 Å². The molecule has 2 rings (SSSR count). The Kier molecular flexibility index (Phi) is 6.79. The quantitative estimate of drug-likeness (QED) is 0.628. The van der Waals surface area contributed by atoms with Gasteiger partial charge in [0.05, 0.1) is 0 Å². The maximum absolute atomic E-state index is 4.31. The van der Waals surface area contributed by atoms with Crippen LogP contribution < -0.4 is 5.32 Å². The molecule has 1 heterocycles. The molecule has 0 bridgehead atoms. The lowest BCUT2D eigenvalue weighted by molar-refractivity contribution is 0.629. The molecule has 3 nitrogen and oxygen atoms in total. The molecule has 108 valence electrons. The Balaban J connectivity index is 1.53. The second-order valence-electron chi connectivity index (χ2n) is 5.59. The lowest BCUT2D eigenvalue weighted by Gasteiger charge is -1.99. The van der Waals surface area contributed by atoms with E-state index in [4.69, 9.17) is 0 Å². The molecule has 0 unspecified atom stereocenters. The third kappa shape index (κ3) is 6.48. The zero-order valence-electron chi connectivity index (χ0n) is 12.2. The molecule has 1 aromatic heterocycles. The molecule has 4 heteroatoms. The molecule has 1 aliphatic carbocycles. The Labute approximate surface area is 121 Å². The fraction of sp³-hybridized carbons (Fsp3) is 0.867. The van der Waals surface area contributed by atoms with E-state index < -0.39 is 0 Å². The minimum atomic E-state index is 0.827. The summed E-state index contributed by atoms with van der Waals surface area (Å²) in [5, 5.41) is 14.6. The SMILES string of the molecule is CCCCCCCc1nnc(CCCNC2CC2)s1. The topological polar surface area (TPSA) is 37.8 Å². The van der Waals surface area contributed by atoms with Crippen molar-refractivity contribution >= 4 is 11.3 Å². The first kappa shape index (κ1) is 14.9. The van der Waals surface area contributed by atoms with Gasteiger partial charge in [0.25, 0.3) is 0 Å². The average molecular weight is 281 g/mol. The summed E-state index contributed by atoms with van der Waals surface area (Å²) in [5.74, 6) is 0. The first-order valence-corrected chi connectivity index (χ1v) is 8.74. The number of hydrogen-bond donors (Lipinski definition) is 1. The first-order chi connectivity index (χ1) is 9.38. The van der Waals surface area contributed by atoms with Crippen LogP contribution in [0.1, 0.15) is 68.3 Å². The summed E-state index contributed by atoms with van der Waals surface area (Å²) in [5.41, 5.74) is 0. The van der Waals surface area contributed by atoms with Gasteiger partial charge in [-0.1, -0.05) is 32.6 Å². The molecular weight excluding hydrogens is 254 g/mol. The summed E-state index contributed by atoms with van der Waals surface area (Å²) in [6.07, 6.45) is 12.8. The van der Waals surface area contributed by atoms with Gasteiger partial charge in [-0.05, 0) is 32.2 Å². The van der Waals surface area contributed by atoms with Gasteiger partial charge >= 0.3 is 0 Å². The Morgan fingerprint density at radius 1 is 1.00 bits per heavy atom. The molecule has 0 atom stereocenters. The van der Waals surface area contributed by atoms with E-state index in [2.05, 4.69) is 22.4 Å². The average Bonchev–Trinajstić information content (AvgIpc) is 3.14. The highest BCUT2D eigenvalue weighted by atomic mass is 32.1. The second kappa shape index (κ2) is 8.64. The molecule has 0 spiro atoms. The van der Waals surface area contributed by atoms with E-state index in [0.717, 1.165) is 25.4 Å². The van der Waals surface area contributed by atoms with Crippen molar-refractivity contribution in [3.05, 3.63) is 10.0 Å². The lowest BCUT2D eigenvalue weighted by atomic mass is 10.1. The third-order valence-electron chi connectivity index (χ3n) is 3.58. The number of nitrogens with one attached hydrogen (secondary N) is 1. The van der Waals surface area contributed by atoms with E-state index in [1.807, 2.05) is 11.3 Å². The van der Waals surface area contributed by atoms with Gasteiger partial charge in [-0.15, -0.1) is 21.5 Å². The van der Waals surface area contributed by atoms with E-state index in [-0.39, 0.29) is 0 Å². The summed E-state index contributed by atoms with van der Waals surface area (Å²) in [4.78, 5) is 0. The van der Waals surface area contributed by atoms with Crippen LogP contribution in [0.3, 0.4) is 0 Å². The van der Waals surface area contributed by atoms with E-state index in [0.29, 0.717) is 0 Å². The Morgan fingerprint density at radius 2 is 1.68 bits per heavy atom. The van der Waals surface area contributed by atoms with Crippen LogP contribution in [-0.2, 0) is 12.8 Å². The van der Waals surface area contributed by atoms with Crippen molar-refractivity contribution in [1.29, 1.82) is 0 Å². The minimum Gasteiger partial charge on any atom is -0.314 e. The van der Waals surface area contributed by atoms with Crippen molar-refractivity contribution in [2.45, 2.75) is 77.2 Å². The Hall–Kier alpha value is -0.480. The van der Waals surface area contributed by atoms with Crippen molar-refractivity contribution < 1.29 is 0 Å². The fourth-order valence-electron chi connectivity index (χ4n) is 2.20. The summed E-state index contributed by atoms with van der Waals surface area (Å²) in [6, 6.07) is 0.827. The van der Waals surface area contributed by atoms with Crippen molar-refractivity contribution in [3.8, 4) is 0 Å². The van der Waals surface area contributed by atoms with Crippen LogP contribution in [0.15, 0.2) is 0 Å². The standard InChI is InChI=1S/C15H27N3S/c1-2-3-4-5-6-8-14-17-18-15(19-14)9-7-12-16-13-10-11-13/h13,16H,2-12H2,1H3. The van der Waals surface area contributed by atoms with Crippen LogP contribution in [0, 0.1) is 0 Å². The van der Waals surface area contributed by atoms with E-state index >= 15 is 0 Å². The van der Waals surface area contributed by atoms with Crippen molar-refractivity contribution in [2.75, 3.05) is 6.54 Å². The van der Waals surface area contributed by atoms with Crippen LogP contribution in [0.4, 0.5) is 0 Å². The van der Waals surface area contributed by atoms with Gasteiger partial charge < -0.3 is 5.32 Å². The van der Waals surface area contributed by atoms with Crippen LogP contribution in [0.25, 0.3) is 0 Å². The molecular formula is C15H27N3S. The highest BCUT2D eigenvalue weighted by molar-refractivity contribution is 7.11. The molecule has 0 radical (unpaired) electrons. The molecule has 1 aromatic rings. The Morgan fingerprint density at radius 3 is 2.37 bits per heavy atom. The highest BCUT2D eigenvalue weighted by Gasteiger charge is 2.19. The Bertz CT molecular complexity index is 347. The van der Waals surface area contributed by atoms with Crippen LogP contribution in [0.2, 0.25) is 0 Å². The second-order valence-corrected chi connectivity index (χ2v) is 6.73. The van der Waals surface area contributed by atoms with E-state index in [1.165, 1.54) is 61.4 Å². The van der Waals surface area contributed by atoms with Gasteiger partial charge in [0.15, 0.2) is 0 Å². The van der Waals surface area contributed by atoms with Gasteiger partial charge in [0.2, 0.25) is 0 Å². The summed E-state index contributed by atoms with van der Waals surface area (Å²) in [6.45, 7) is 3.39. The number of aromatic nitrogens is 2. The predicted molar refractivity (Wildman–Crippen MR) is 81.7 cm³/mol. The molecule has 0 amide bonds. The number of aryl methyl sites for hydroxylation is 2. The lowest BCUT2D eigenvalue weighted by Crippen LogP contribution is -2.17. The van der Waals surface area contributed by atoms with Crippen LogP contribution in [-0.4, -0.2) is 22.8 Å². The van der Waals surface area contributed by atoms with Crippen LogP contribution in [0.5, 0.6) is 0 Å². The first-order valence-electron chi connectivity index (χ1n) is 7.93. The van der Waals surface area contributed by atoms with Gasteiger partial charge in [-0.25, -0.2) is 0 Å². The largest absolute Gasteiger partial charge is 0.314 e. The van der Waals surface area contributed by atoms with E-state index in [9.17, 15) is 0 Å². The van der Waals surface area contributed by atoms with E-state index in [1.54, 1.807) is 0 Å². The highest BCUT2D eigenvalue weighted by Crippen LogP contribution is 2.19. The van der Waals surface area contributed by atoms with Gasteiger partial charge in [-0.2, -0.15) is 0 Å². The molecule has 1 saturated carbocycles. The summed E-state index contributed by atoms with van der Waals surface area (Å²) < 4.78 is 0. The van der Waals surface area contributed by atoms with Crippen molar-refractivity contribution in [2.24, 2.45) is 0 Å². The maximum atomic E-state index is 4.31. The molecule has 1 N–H and O–H groups in total. The summed E-state index contributed by atoms with van der Waals surface area (Å²) in [7, 11) is 0. The monoisotopic (exact) mass is 281 g/mol. The zero-order valence-corrected chi connectivity index (χ0v) is 13.0. The molecule has 0 saturated heterocycles. The van der Waals surface area contributed by atoms with Gasteiger partial charge in [0.1, 0.15) is 10.0 Å². The number of rotatable bonds is 11. The normalized spacial score (nSPS) is 15.0. The molecule has 0 aliphatic heterocycles. The number of nitrogens with zero attached hydrogens (tertiary/aromatic N) is 2. The maximum Gasteiger partial charge on any atom is 0.117 e. The zero-order chi connectivity index (χ0) is 13.3. The molecule has 19 heavy (non-hydrogen) atoms. The van der Waals surface area contributed by atoms with Crippen molar-refractivity contribution in [1.82, 2.24) is 15.5 Å². The number of unbranched alkanes of at least 4 members (excludes halogenated alkanes) is 4. The predicted octanol–water partition coefficient (Wildman–Crippen LogP) is 3.74.